The van der Waals surface area contributed by atoms with Crippen molar-refractivity contribution in [3.05, 3.63) is 49.3 Å². The number of benzene rings is 1. The van der Waals surface area contributed by atoms with Crippen molar-refractivity contribution in [2.45, 2.75) is 6.92 Å². The second-order valence-corrected chi connectivity index (χ2v) is 5.10. The molecule has 0 aliphatic heterocycles. The summed E-state index contributed by atoms with van der Waals surface area (Å²) in [6.45, 7) is 1.36. The number of anilines is 2. The first-order valence-corrected chi connectivity index (χ1v) is 6.56. The van der Waals surface area contributed by atoms with Crippen LogP contribution in [-0.2, 0) is 0 Å². The number of nitrogens with zero attached hydrogens (tertiary/aromatic N) is 3. The molecule has 0 bridgehead atoms. The SMILES string of the molecule is Cc1nc(Cl)nc(Nc2cc(F)c(Br)cc2F)c1[N+](=O)[O-]. The third-order valence-electron chi connectivity index (χ3n) is 2.48. The molecule has 110 valence electrons. The first kappa shape index (κ1) is 15.5. The van der Waals surface area contributed by atoms with Gasteiger partial charge in [-0.1, -0.05) is 0 Å². The third-order valence-corrected chi connectivity index (χ3v) is 3.25. The molecule has 0 radical (unpaired) electrons. The second kappa shape index (κ2) is 5.86. The van der Waals surface area contributed by atoms with Crippen molar-refractivity contribution in [1.29, 1.82) is 0 Å². The largest absolute Gasteiger partial charge is 0.332 e. The fourth-order valence-corrected chi connectivity index (χ4v) is 2.11. The Bertz CT molecular complexity index is 745. The molecule has 6 nitrogen and oxygen atoms in total. The van der Waals surface area contributed by atoms with Crippen LogP contribution in [0.15, 0.2) is 16.6 Å². The highest BCUT2D eigenvalue weighted by molar-refractivity contribution is 9.10. The predicted octanol–water partition coefficient (Wildman–Crippen LogP) is 4.13. The van der Waals surface area contributed by atoms with E-state index in [0.29, 0.717) is 0 Å². The molecule has 0 saturated carbocycles. The smallest absolute Gasteiger partial charge is 0.332 e. The normalized spacial score (nSPS) is 10.5. The molecular formula is C11H6BrClF2N4O2. The summed E-state index contributed by atoms with van der Waals surface area (Å²) in [7, 11) is 0. The van der Waals surface area contributed by atoms with E-state index in [1.165, 1.54) is 6.92 Å². The number of aromatic nitrogens is 2. The lowest BCUT2D eigenvalue weighted by Gasteiger charge is -2.09. The molecule has 0 spiro atoms. The molecule has 0 atom stereocenters. The van der Waals surface area contributed by atoms with E-state index in [-0.39, 0.29) is 27.0 Å². The second-order valence-electron chi connectivity index (χ2n) is 3.90. The Labute approximate surface area is 130 Å². The molecule has 1 aromatic heterocycles. The number of aryl methyl sites for hydroxylation is 1. The fraction of sp³-hybridized carbons (Fsp3) is 0.0909. The van der Waals surface area contributed by atoms with Crippen molar-refractivity contribution in [3.63, 3.8) is 0 Å². The van der Waals surface area contributed by atoms with Crippen LogP contribution in [0.5, 0.6) is 0 Å². The maximum Gasteiger partial charge on any atom is 0.332 e. The van der Waals surface area contributed by atoms with Crippen LogP contribution >= 0.6 is 27.5 Å². The molecule has 0 unspecified atom stereocenters. The molecule has 0 saturated heterocycles. The highest BCUT2D eigenvalue weighted by atomic mass is 79.9. The van der Waals surface area contributed by atoms with Gasteiger partial charge >= 0.3 is 5.69 Å². The monoisotopic (exact) mass is 378 g/mol. The minimum absolute atomic E-state index is 0.000455. The van der Waals surface area contributed by atoms with Crippen molar-refractivity contribution in [2.24, 2.45) is 0 Å². The van der Waals surface area contributed by atoms with Crippen LogP contribution in [0.3, 0.4) is 0 Å². The summed E-state index contributed by atoms with van der Waals surface area (Å²) in [5.41, 5.74) is -0.782. The van der Waals surface area contributed by atoms with E-state index in [4.69, 9.17) is 11.6 Å². The van der Waals surface area contributed by atoms with Crippen molar-refractivity contribution in [2.75, 3.05) is 5.32 Å². The van der Waals surface area contributed by atoms with E-state index in [1.807, 2.05) is 0 Å². The zero-order chi connectivity index (χ0) is 15.7. The van der Waals surface area contributed by atoms with Crippen LogP contribution in [0.25, 0.3) is 0 Å². The standard InChI is InChI=1S/C11H6BrClF2N4O2/c1-4-9(19(20)21)10(18-11(13)16-4)17-8-3-6(14)5(12)2-7(8)15/h2-3H,1H3,(H,16,17,18). The van der Waals surface area contributed by atoms with E-state index in [2.05, 4.69) is 31.2 Å². The van der Waals surface area contributed by atoms with Crippen molar-refractivity contribution in [1.82, 2.24) is 9.97 Å². The maximum absolute atomic E-state index is 13.7. The number of nitrogens with one attached hydrogen (secondary N) is 1. The van der Waals surface area contributed by atoms with Gasteiger partial charge in [0.25, 0.3) is 0 Å². The maximum atomic E-state index is 13.7. The van der Waals surface area contributed by atoms with Gasteiger partial charge < -0.3 is 5.32 Å². The first-order chi connectivity index (χ1) is 9.79. The van der Waals surface area contributed by atoms with E-state index >= 15 is 0 Å². The van der Waals surface area contributed by atoms with E-state index < -0.39 is 22.2 Å². The van der Waals surface area contributed by atoms with Gasteiger partial charge in [-0.2, -0.15) is 4.98 Å². The Balaban J connectivity index is 2.54. The zero-order valence-electron chi connectivity index (χ0n) is 10.3. The van der Waals surface area contributed by atoms with Crippen LogP contribution in [0.4, 0.5) is 26.0 Å². The lowest BCUT2D eigenvalue weighted by molar-refractivity contribution is -0.385. The highest BCUT2D eigenvalue weighted by Crippen LogP contribution is 2.31. The minimum Gasteiger partial charge on any atom is -0.332 e. The molecule has 10 heteroatoms. The lowest BCUT2D eigenvalue weighted by atomic mass is 10.2. The molecule has 21 heavy (non-hydrogen) atoms. The van der Waals surface area contributed by atoms with E-state index in [1.54, 1.807) is 0 Å². The molecule has 0 aliphatic rings. The number of rotatable bonds is 3. The van der Waals surface area contributed by atoms with Crippen molar-refractivity contribution in [3.8, 4) is 0 Å². The number of hydrogen-bond acceptors (Lipinski definition) is 5. The Hall–Kier alpha value is -1.87. The Kier molecular flexibility index (Phi) is 4.33. The molecule has 0 fully saturated rings. The van der Waals surface area contributed by atoms with Gasteiger partial charge in [-0.15, -0.1) is 0 Å². The molecule has 1 heterocycles. The Morgan fingerprint density at radius 2 is 2.00 bits per heavy atom. The molecule has 0 aliphatic carbocycles. The topological polar surface area (TPSA) is 81.0 Å². The molecule has 2 aromatic rings. The molecule has 2 rings (SSSR count). The van der Waals surface area contributed by atoms with E-state index in [9.17, 15) is 18.9 Å². The lowest BCUT2D eigenvalue weighted by Crippen LogP contribution is -2.05. The van der Waals surface area contributed by atoms with Gasteiger partial charge in [-0.3, -0.25) is 10.1 Å². The summed E-state index contributed by atoms with van der Waals surface area (Å²) in [4.78, 5) is 17.6. The van der Waals surface area contributed by atoms with Gasteiger partial charge in [0.2, 0.25) is 11.1 Å². The number of halogens is 4. The highest BCUT2D eigenvalue weighted by Gasteiger charge is 2.23. The quantitative estimate of drug-likeness (QED) is 0.375. The van der Waals surface area contributed by atoms with Gasteiger partial charge in [0.1, 0.15) is 17.3 Å². The van der Waals surface area contributed by atoms with Gasteiger partial charge in [0, 0.05) is 6.07 Å². The van der Waals surface area contributed by atoms with Crippen molar-refractivity contribution < 1.29 is 13.7 Å². The predicted molar refractivity (Wildman–Crippen MR) is 75.8 cm³/mol. The Morgan fingerprint density at radius 3 is 2.62 bits per heavy atom. The van der Waals surface area contributed by atoms with Gasteiger partial charge in [-0.05, 0) is 40.5 Å². The minimum atomic E-state index is -0.815. The molecule has 1 aromatic carbocycles. The summed E-state index contributed by atoms with van der Waals surface area (Å²) in [5, 5.41) is 13.1. The van der Waals surface area contributed by atoms with Crippen LogP contribution in [-0.4, -0.2) is 14.9 Å². The average molecular weight is 380 g/mol. The molecule has 1 N–H and O–H groups in total. The van der Waals surface area contributed by atoms with Gasteiger partial charge in [-0.25, -0.2) is 13.8 Å². The fourth-order valence-electron chi connectivity index (χ4n) is 1.58. The Morgan fingerprint density at radius 1 is 1.33 bits per heavy atom. The van der Waals surface area contributed by atoms with Crippen LogP contribution in [0, 0.1) is 28.7 Å². The zero-order valence-corrected chi connectivity index (χ0v) is 12.7. The van der Waals surface area contributed by atoms with Crippen LogP contribution < -0.4 is 5.32 Å². The molecular weight excluding hydrogens is 374 g/mol. The number of hydrogen-bond donors (Lipinski definition) is 1. The van der Waals surface area contributed by atoms with Crippen LogP contribution in [0.1, 0.15) is 5.69 Å². The van der Waals surface area contributed by atoms with E-state index in [0.717, 1.165) is 12.1 Å². The summed E-state index contributed by atoms with van der Waals surface area (Å²) in [6.07, 6.45) is 0. The third kappa shape index (κ3) is 3.24. The summed E-state index contributed by atoms with van der Waals surface area (Å²) in [6, 6.07) is 1.73. The summed E-state index contributed by atoms with van der Waals surface area (Å²) < 4.78 is 27.1. The van der Waals surface area contributed by atoms with Crippen LogP contribution in [0.2, 0.25) is 5.28 Å². The summed E-state index contributed by atoms with van der Waals surface area (Å²) >= 11 is 8.46. The van der Waals surface area contributed by atoms with Crippen molar-refractivity contribution >= 4 is 44.7 Å². The first-order valence-electron chi connectivity index (χ1n) is 5.39. The number of nitro groups is 1. The molecule has 0 amide bonds. The van der Waals surface area contributed by atoms with Gasteiger partial charge in [0.05, 0.1) is 15.1 Å². The average Bonchev–Trinajstić information content (AvgIpc) is 2.34. The van der Waals surface area contributed by atoms with Gasteiger partial charge in [0.15, 0.2) is 0 Å². The summed E-state index contributed by atoms with van der Waals surface area (Å²) in [5.74, 6) is -1.87.